The number of methoxy groups -OCH3 is 2. The minimum absolute atomic E-state index is 0.318. The highest BCUT2D eigenvalue weighted by Gasteiger charge is 2.17. The van der Waals surface area contributed by atoms with Crippen molar-refractivity contribution in [3.8, 4) is 11.5 Å². The quantitative estimate of drug-likeness (QED) is 0.598. The molecule has 136 valence electrons. The third kappa shape index (κ3) is 5.39. The molecule has 0 atom stereocenters. The molecule has 1 aliphatic rings. The Morgan fingerprint density at radius 1 is 1.12 bits per heavy atom. The molecule has 1 aromatic carbocycles. The van der Waals surface area contributed by atoms with E-state index in [1.54, 1.807) is 0 Å². The van der Waals surface area contributed by atoms with Crippen molar-refractivity contribution < 1.29 is 19.1 Å². The summed E-state index contributed by atoms with van der Waals surface area (Å²) in [5.74, 6) is -0.727. The van der Waals surface area contributed by atoms with E-state index in [0.29, 0.717) is 28.8 Å². The zero-order chi connectivity index (χ0) is 18.2. The van der Waals surface area contributed by atoms with Crippen LogP contribution in [-0.4, -0.2) is 32.6 Å². The van der Waals surface area contributed by atoms with Crippen molar-refractivity contribution in [3.63, 3.8) is 0 Å². The van der Waals surface area contributed by atoms with Gasteiger partial charge in [-0.3, -0.25) is 9.59 Å². The molecular formula is C18H23ClN2O4. The van der Waals surface area contributed by atoms with Crippen LogP contribution in [0.2, 0.25) is 5.02 Å². The van der Waals surface area contributed by atoms with Crippen LogP contribution in [0.5, 0.6) is 11.5 Å². The molecule has 2 amide bonds. The molecule has 0 aromatic heterocycles. The zero-order valence-corrected chi connectivity index (χ0v) is 15.2. The number of carbonyl (C=O) groups is 2. The molecule has 25 heavy (non-hydrogen) atoms. The maximum atomic E-state index is 12.1. The van der Waals surface area contributed by atoms with Crippen molar-refractivity contribution in [1.82, 2.24) is 5.32 Å². The summed E-state index contributed by atoms with van der Waals surface area (Å²) < 4.78 is 10.3. The summed E-state index contributed by atoms with van der Waals surface area (Å²) >= 11 is 6.02. The molecule has 0 heterocycles. The van der Waals surface area contributed by atoms with Crippen molar-refractivity contribution in [2.75, 3.05) is 26.1 Å². The van der Waals surface area contributed by atoms with E-state index < -0.39 is 11.8 Å². The average molecular weight is 367 g/mol. The Hall–Kier alpha value is -2.21. The molecule has 2 rings (SSSR count). The summed E-state index contributed by atoms with van der Waals surface area (Å²) in [4.78, 5) is 24.0. The lowest BCUT2D eigenvalue weighted by atomic mass is 9.97. The van der Waals surface area contributed by atoms with Gasteiger partial charge in [0.2, 0.25) is 0 Å². The summed E-state index contributed by atoms with van der Waals surface area (Å²) in [6, 6.07) is 3.03. The zero-order valence-electron chi connectivity index (χ0n) is 14.5. The number of halogens is 1. The van der Waals surface area contributed by atoms with Crippen LogP contribution in [0.1, 0.15) is 32.1 Å². The first-order valence-electron chi connectivity index (χ1n) is 8.23. The van der Waals surface area contributed by atoms with Crippen LogP contribution in [0.4, 0.5) is 5.69 Å². The Kier molecular flexibility index (Phi) is 7.13. The van der Waals surface area contributed by atoms with Crippen LogP contribution in [-0.2, 0) is 9.59 Å². The van der Waals surface area contributed by atoms with Gasteiger partial charge in [-0.2, -0.15) is 0 Å². The molecule has 6 nitrogen and oxygen atoms in total. The largest absolute Gasteiger partial charge is 0.495 e. The SMILES string of the molecule is COc1cc(NC(=O)C(=O)NCCC2=CCCCC2)c(OC)cc1Cl. The predicted molar refractivity (Wildman–Crippen MR) is 97.4 cm³/mol. The van der Waals surface area contributed by atoms with Crippen molar-refractivity contribution in [2.45, 2.75) is 32.1 Å². The summed E-state index contributed by atoms with van der Waals surface area (Å²) in [6.07, 6.45) is 7.59. The van der Waals surface area contributed by atoms with Gasteiger partial charge in [0.25, 0.3) is 0 Å². The van der Waals surface area contributed by atoms with E-state index in [2.05, 4.69) is 16.7 Å². The summed E-state index contributed by atoms with van der Waals surface area (Å²) in [6.45, 7) is 0.444. The van der Waals surface area contributed by atoms with Crippen molar-refractivity contribution in [2.24, 2.45) is 0 Å². The van der Waals surface area contributed by atoms with Crippen LogP contribution in [0.15, 0.2) is 23.8 Å². The number of rotatable bonds is 6. The fourth-order valence-corrected chi connectivity index (χ4v) is 2.92. The normalized spacial score (nSPS) is 13.6. The molecule has 7 heteroatoms. The van der Waals surface area contributed by atoms with Crippen LogP contribution >= 0.6 is 11.6 Å². The molecule has 2 N–H and O–H groups in total. The van der Waals surface area contributed by atoms with Gasteiger partial charge in [0.05, 0.1) is 24.9 Å². The minimum atomic E-state index is -0.764. The van der Waals surface area contributed by atoms with Crippen LogP contribution in [0, 0.1) is 0 Å². The number of amides is 2. The van der Waals surface area contributed by atoms with Gasteiger partial charge in [0.15, 0.2) is 0 Å². The molecule has 1 aliphatic carbocycles. The number of allylic oxidation sites excluding steroid dienone is 1. The highest BCUT2D eigenvalue weighted by molar-refractivity contribution is 6.40. The molecule has 0 saturated carbocycles. The second-order valence-electron chi connectivity index (χ2n) is 5.76. The van der Waals surface area contributed by atoms with E-state index in [1.807, 2.05) is 0 Å². The Bertz CT molecular complexity index is 673. The summed E-state index contributed by atoms with van der Waals surface area (Å²) in [7, 11) is 2.91. The summed E-state index contributed by atoms with van der Waals surface area (Å²) in [5.41, 5.74) is 1.66. The average Bonchev–Trinajstić information content (AvgIpc) is 2.63. The van der Waals surface area contributed by atoms with Crippen molar-refractivity contribution in [3.05, 3.63) is 28.8 Å². The molecule has 0 aliphatic heterocycles. The lowest BCUT2D eigenvalue weighted by molar-refractivity contribution is -0.136. The van der Waals surface area contributed by atoms with Crippen molar-refractivity contribution in [1.29, 1.82) is 0 Å². The maximum absolute atomic E-state index is 12.1. The molecule has 0 fully saturated rings. The lowest BCUT2D eigenvalue weighted by Gasteiger charge is -2.14. The minimum Gasteiger partial charge on any atom is -0.495 e. The topological polar surface area (TPSA) is 76.7 Å². The molecule has 0 spiro atoms. The molecule has 0 radical (unpaired) electrons. The number of nitrogens with one attached hydrogen (secondary N) is 2. The molecular weight excluding hydrogens is 344 g/mol. The molecule has 1 aromatic rings. The van der Waals surface area contributed by atoms with Gasteiger partial charge in [0, 0.05) is 18.7 Å². The van der Waals surface area contributed by atoms with Crippen molar-refractivity contribution >= 4 is 29.1 Å². The number of hydrogen-bond acceptors (Lipinski definition) is 4. The van der Waals surface area contributed by atoms with Crippen LogP contribution < -0.4 is 20.1 Å². The fourth-order valence-electron chi connectivity index (χ4n) is 2.69. The smallest absolute Gasteiger partial charge is 0.313 e. The second kappa shape index (κ2) is 9.32. The lowest BCUT2D eigenvalue weighted by Crippen LogP contribution is -2.36. The first-order chi connectivity index (χ1) is 12.0. The third-order valence-electron chi connectivity index (χ3n) is 4.05. The Morgan fingerprint density at radius 2 is 1.88 bits per heavy atom. The summed E-state index contributed by atoms with van der Waals surface area (Å²) in [5, 5.41) is 5.51. The first kappa shape index (κ1) is 19.1. The maximum Gasteiger partial charge on any atom is 0.313 e. The highest BCUT2D eigenvalue weighted by atomic mass is 35.5. The number of benzene rings is 1. The fraction of sp³-hybridized carbons (Fsp3) is 0.444. The number of carbonyl (C=O) groups excluding carboxylic acids is 2. The van der Waals surface area contributed by atoms with E-state index in [9.17, 15) is 9.59 Å². The number of anilines is 1. The van der Waals surface area contributed by atoms with E-state index in [4.69, 9.17) is 21.1 Å². The molecule has 0 bridgehead atoms. The molecule has 0 unspecified atom stereocenters. The van der Waals surface area contributed by atoms with Gasteiger partial charge in [-0.25, -0.2) is 0 Å². The second-order valence-corrected chi connectivity index (χ2v) is 6.16. The van der Waals surface area contributed by atoms with Gasteiger partial charge in [-0.1, -0.05) is 23.3 Å². The van der Waals surface area contributed by atoms with Crippen LogP contribution in [0.25, 0.3) is 0 Å². The Labute approximate surface area is 152 Å². The van der Waals surface area contributed by atoms with E-state index in [0.717, 1.165) is 19.3 Å². The Morgan fingerprint density at radius 3 is 2.52 bits per heavy atom. The standard InChI is InChI=1S/C18H23ClN2O4/c1-24-15-11-14(16(25-2)10-13(15)19)21-18(23)17(22)20-9-8-12-6-4-3-5-7-12/h6,10-11H,3-5,7-9H2,1-2H3,(H,20,22)(H,21,23). The Balaban J connectivity index is 1.92. The van der Waals surface area contributed by atoms with Gasteiger partial charge in [0.1, 0.15) is 11.5 Å². The van der Waals surface area contributed by atoms with Gasteiger partial charge < -0.3 is 20.1 Å². The van der Waals surface area contributed by atoms with E-state index in [1.165, 1.54) is 44.8 Å². The predicted octanol–water partition coefficient (Wildman–Crippen LogP) is 3.30. The van der Waals surface area contributed by atoms with Gasteiger partial charge in [-0.15, -0.1) is 0 Å². The van der Waals surface area contributed by atoms with Crippen LogP contribution in [0.3, 0.4) is 0 Å². The monoisotopic (exact) mass is 366 g/mol. The number of ether oxygens (including phenoxy) is 2. The third-order valence-corrected chi connectivity index (χ3v) is 4.34. The molecule has 0 saturated heterocycles. The van der Waals surface area contributed by atoms with E-state index >= 15 is 0 Å². The first-order valence-corrected chi connectivity index (χ1v) is 8.61. The van der Waals surface area contributed by atoms with Gasteiger partial charge in [-0.05, 0) is 32.1 Å². The number of hydrogen-bond donors (Lipinski definition) is 2. The van der Waals surface area contributed by atoms with E-state index in [-0.39, 0.29) is 0 Å². The van der Waals surface area contributed by atoms with Gasteiger partial charge >= 0.3 is 11.8 Å². The highest BCUT2D eigenvalue weighted by Crippen LogP contribution is 2.35.